The Morgan fingerprint density at radius 3 is 2.15 bits per heavy atom. The Hall–Kier alpha value is -0.830. The minimum Gasteiger partial charge on any atom is -0.356 e. The average molecular weight is 567 g/mol. The molecular weight excluding hydrogens is 500 g/mol. The second kappa shape index (κ2) is 11.6. The van der Waals surface area contributed by atoms with Crippen LogP contribution in [0.5, 0.6) is 0 Å². The Morgan fingerprint density at radius 1 is 0.732 bits per heavy atom. The van der Waals surface area contributed by atoms with Crippen molar-refractivity contribution in [3.8, 4) is 0 Å². The van der Waals surface area contributed by atoms with Gasteiger partial charge in [0, 0.05) is 19.0 Å². The Kier molecular flexibility index (Phi) is 8.93. The maximum atomic E-state index is 11.1. The molecule has 1 amide bonds. The molecule has 0 aromatic rings. The van der Waals surface area contributed by atoms with Gasteiger partial charge in [-0.25, -0.2) is 0 Å². The van der Waals surface area contributed by atoms with Gasteiger partial charge in [-0.1, -0.05) is 72.5 Å². The molecule has 5 aliphatic carbocycles. The number of fused-ring (bicyclic) bond motifs is 7. The van der Waals surface area contributed by atoms with Crippen LogP contribution >= 0.6 is 0 Å². The number of carbonyl (C=O) groups excluding carboxylic acids is 1. The predicted octanol–water partition coefficient (Wildman–Crippen LogP) is 9.46. The summed E-state index contributed by atoms with van der Waals surface area (Å²) in [5.74, 6) is 4.19. The maximum Gasteiger partial charge on any atom is 0.216 e. The minimum absolute atomic E-state index is 0.0958. The molecule has 0 heterocycles. The van der Waals surface area contributed by atoms with Gasteiger partial charge in [0.2, 0.25) is 5.91 Å². The molecule has 5 saturated carbocycles. The molecule has 4 unspecified atom stereocenters. The number of hydrogen-bond acceptors (Lipinski definition) is 2. The van der Waals surface area contributed by atoms with Gasteiger partial charge >= 0.3 is 0 Å². The highest BCUT2D eigenvalue weighted by Crippen LogP contribution is 2.76. The van der Waals surface area contributed by atoms with E-state index in [0.717, 1.165) is 36.6 Å². The lowest BCUT2D eigenvalue weighted by Gasteiger charge is -2.72. The van der Waals surface area contributed by atoms with E-state index >= 15 is 0 Å². The molecule has 0 radical (unpaired) electrons. The third-order valence-electron chi connectivity index (χ3n) is 15.0. The molecule has 0 bridgehead atoms. The smallest absolute Gasteiger partial charge is 0.216 e. The molecule has 0 saturated heterocycles. The van der Waals surface area contributed by atoms with Gasteiger partial charge in [0.15, 0.2) is 0 Å². The maximum absolute atomic E-state index is 11.1. The standard InChI is InChI=1S/C38H66N2O/c1-27(2)29-17-22-38(40-26-13-11-9-10-12-25-39-28(3)41)24-23-36(7)30(33(29)38)15-16-32-35(6)20-14-19-34(4,5)31(35)18-21-37(32,36)8/h29-33,40H,1,9-26H2,2-8H3,(H,39,41)/t29-,30?,31?,32?,33?,35-,36+,37+,38-/m0/s1. The van der Waals surface area contributed by atoms with E-state index in [0.29, 0.717) is 33.1 Å². The number of allylic oxidation sites excluding steroid dienone is 1. The fraction of sp³-hybridized carbons (Fsp3) is 0.921. The summed E-state index contributed by atoms with van der Waals surface area (Å²) < 4.78 is 0. The van der Waals surface area contributed by atoms with Gasteiger partial charge in [0.25, 0.3) is 0 Å². The number of amides is 1. The summed E-state index contributed by atoms with van der Waals surface area (Å²) >= 11 is 0. The summed E-state index contributed by atoms with van der Waals surface area (Å²) in [6.07, 6.45) is 21.9. The highest BCUT2D eigenvalue weighted by molar-refractivity contribution is 5.72. The van der Waals surface area contributed by atoms with Crippen molar-refractivity contribution in [1.29, 1.82) is 0 Å². The molecule has 5 aliphatic rings. The van der Waals surface area contributed by atoms with Crippen LogP contribution < -0.4 is 10.6 Å². The zero-order valence-corrected chi connectivity index (χ0v) is 28.2. The summed E-state index contributed by atoms with van der Waals surface area (Å²) in [6, 6.07) is 0. The van der Waals surface area contributed by atoms with E-state index in [-0.39, 0.29) is 5.91 Å². The number of unbranched alkanes of at least 4 members (excludes halogenated alkanes) is 4. The molecule has 0 aliphatic heterocycles. The number of nitrogens with one attached hydrogen (secondary N) is 2. The summed E-state index contributed by atoms with van der Waals surface area (Å²) in [4.78, 5) is 11.1. The van der Waals surface area contributed by atoms with Crippen molar-refractivity contribution < 1.29 is 4.79 Å². The van der Waals surface area contributed by atoms with Gasteiger partial charge in [-0.15, -0.1) is 0 Å². The van der Waals surface area contributed by atoms with E-state index in [1.165, 1.54) is 108 Å². The van der Waals surface area contributed by atoms with Crippen LogP contribution in [0.4, 0.5) is 0 Å². The van der Waals surface area contributed by atoms with Gasteiger partial charge < -0.3 is 10.6 Å². The van der Waals surface area contributed by atoms with Gasteiger partial charge in [-0.3, -0.25) is 4.79 Å². The fourth-order valence-corrected chi connectivity index (χ4v) is 12.9. The lowest BCUT2D eigenvalue weighted by atomic mass is 9.33. The normalized spacial score (nSPS) is 44.7. The first-order valence-corrected chi connectivity index (χ1v) is 18.0. The molecule has 9 atom stereocenters. The first-order chi connectivity index (χ1) is 19.3. The molecule has 3 heteroatoms. The lowest BCUT2D eigenvalue weighted by molar-refractivity contribution is -0.231. The van der Waals surface area contributed by atoms with Crippen LogP contribution in [-0.4, -0.2) is 24.5 Å². The number of hydrogen-bond donors (Lipinski definition) is 2. The van der Waals surface area contributed by atoms with Crippen molar-refractivity contribution in [3.05, 3.63) is 12.2 Å². The van der Waals surface area contributed by atoms with Crippen LogP contribution in [0.15, 0.2) is 12.2 Å². The van der Waals surface area contributed by atoms with E-state index in [2.05, 4.69) is 58.8 Å². The van der Waals surface area contributed by atoms with E-state index < -0.39 is 0 Å². The van der Waals surface area contributed by atoms with E-state index in [1.807, 2.05) is 0 Å². The van der Waals surface area contributed by atoms with Gasteiger partial charge in [-0.2, -0.15) is 0 Å². The van der Waals surface area contributed by atoms with Crippen LogP contribution in [0.3, 0.4) is 0 Å². The molecule has 3 nitrogen and oxygen atoms in total. The molecular formula is C38H66N2O. The largest absolute Gasteiger partial charge is 0.356 e. The van der Waals surface area contributed by atoms with Crippen LogP contribution in [0, 0.1) is 51.2 Å². The van der Waals surface area contributed by atoms with Crippen molar-refractivity contribution in [2.45, 2.75) is 157 Å². The lowest BCUT2D eigenvalue weighted by Crippen LogP contribution is -2.68. The Balaban J connectivity index is 1.29. The first-order valence-electron chi connectivity index (χ1n) is 18.0. The summed E-state index contributed by atoms with van der Waals surface area (Å²) in [6.45, 7) is 24.1. The zero-order chi connectivity index (χ0) is 29.7. The highest BCUT2D eigenvalue weighted by Gasteiger charge is 2.70. The van der Waals surface area contributed by atoms with Gasteiger partial charge in [0.05, 0.1) is 0 Å². The van der Waals surface area contributed by atoms with Crippen LogP contribution in [0.1, 0.15) is 151 Å². The number of rotatable bonds is 10. The highest BCUT2D eigenvalue weighted by atomic mass is 16.1. The molecule has 234 valence electrons. The first kappa shape index (κ1) is 31.6. The Bertz CT molecular complexity index is 971. The quantitative estimate of drug-likeness (QED) is 0.204. The minimum atomic E-state index is 0.0958. The molecule has 5 fully saturated rings. The fourth-order valence-electron chi connectivity index (χ4n) is 12.9. The molecule has 41 heavy (non-hydrogen) atoms. The SMILES string of the molecule is C=C(C)[C@@H]1CC[C@]2(NCCCCCCCNC(C)=O)CC[C@]3(C)C(CCC4[C@@]5(C)CCCC(C)(C)C5CC[C@]43C)C12. The van der Waals surface area contributed by atoms with Crippen LogP contribution in [0.25, 0.3) is 0 Å². The monoisotopic (exact) mass is 567 g/mol. The molecule has 0 aromatic heterocycles. The Morgan fingerprint density at radius 2 is 1.44 bits per heavy atom. The van der Waals surface area contributed by atoms with Crippen molar-refractivity contribution in [2.24, 2.45) is 51.2 Å². The van der Waals surface area contributed by atoms with Crippen molar-refractivity contribution in [2.75, 3.05) is 13.1 Å². The van der Waals surface area contributed by atoms with Crippen LogP contribution in [0.2, 0.25) is 0 Å². The molecule has 5 rings (SSSR count). The third kappa shape index (κ3) is 5.29. The van der Waals surface area contributed by atoms with Crippen molar-refractivity contribution >= 4 is 5.91 Å². The van der Waals surface area contributed by atoms with E-state index in [9.17, 15) is 4.79 Å². The average Bonchev–Trinajstić information content (AvgIpc) is 3.27. The predicted molar refractivity (Wildman–Crippen MR) is 174 cm³/mol. The molecule has 2 N–H and O–H groups in total. The van der Waals surface area contributed by atoms with Gasteiger partial charge in [-0.05, 0) is 142 Å². The molecule has 0 aromatic carbocycles. The zero-order valence-electron chi connectivity index (χ0n) is 28.2. The molecule has 0 spiro atoms. The van der Waals surface area contributed by atoms with Crippen molar-refractivity contribution in [3.63, 3.8) is 0 Å². The number of carbonyl (C=O) groups is 1. The topological polar surface area (TPSA) is 41.1 Å². The summed E-state index contributed by atoms with van der Waals surface area (Å²) in [5, 5.41) is 7.23. The second-order valence-electron chi connectivity index (χ2n) is 17.4. The summed E-state index contributed by atoms with van der Waals surface area (Å²) in [5.41, 5.74) is 3.75. The van der Waals surface area contributed by atoms with Gasteiger partial charge in [0.1, 0.15) is 0 Å². The van der Waals surface area contributed by atoms with Crippen molar-refractivity contribution in [1.82, 2.24) is 10.6 Å². The third-order valence-corrected chi connectivity index (χ3v) is 15.0. The van der Waals surface area contributed by atoms with E-state index in [1.54, 1.807) is 6.92 Å². The summed E-state index contributed by atoms with van der Waals surface area (Å²) in [7, 11) is 0. The second-order valence-corrected chi connectivity index (χ2v) is 17.4. The van der Waals surface area contributed by atoms with E-state index in [4.69, 9.17) is 0 Å². The Labute approximate surface area is 254 Å². The van der Waals surface area contributed by atoms with Crippen LogP contribution in [-0.2, 0) is 4.79 Å².